The minimum absolute atomic E-state index is 0. The molecule has 0 aromatic carbocycles. The van der Waals surface area contributed by atoms with Crippen LogP contribution in [0.25, 0.3) is 0 Å². The first-order valence-corrected chi connectivity index (χ1v) is 2.72. The van der Waals surface area contributed by atoms with Gasteiger partial charge in [-0.3, -0.25) is 0 Å². The Labute approximate surface area is 92.5 Å². The van der Waals surface area contributed by atoms with Gasteiger partial charge in [0.05, 0.1) is 0 Å². The zero-order valence-corrected chi connectivity index (χ0v) is 10.3. The molecule has 0 aliphatic carbocycles. The van der Waals surface area contributed by atoms with Crippen molar-refractivity contribution in [2.75, 3.05) is 0 Å². The molecule has 0 N–H and O–H groups in total. The van der Waals surface area contributed by atoms with E-state index in [1.807, 2.05) is 0 Å². The minimum atomic E-state index is -1.08. The molecule has 73 valence electrons. The van der Waals surface area contributed by atoms with E-state index in [0.717, 1.165) is 20.8 Å². The summed E-state index contributed by atoms with van der Waals surface area (Å²) in [7, 11) is 0. The summed E-state index contributed by atoms with van der Waals surface area (Å²) in [5, 5.41) is 26.7. The molecule has 0 spiro atoms. The van der Waals surface area contributed by atoms with Gasteiger partial charge in [0.2, 0.25) is 0 Å². The molecule has 0 aliphatic rings. The Balaban J connectivity index is -0.0000000450. The summed E-state index contributed by atoms with van der Waals surface area (Å²) in [5.74, 6) is -3.25. The summed E-state index contributed by atoms with van der Waals surface area (Å²) in [5.41, 5.74) is 0. The molecule has 0 bridgehead atoms. The molecule has 0 atom stereocenters. The summed E-state index contributed by atoms with van der Waals surface area (Å²) in [6, 6.07) is 0. The molecule has 0 amide bonds. The predicted molar refractivity (Wildman–Crippen MR) is 37.8 cm³/mol. The van der Waals surface area contributed by atoms with Crippen LogP contribution in [-0.2, 0) is 14.4 Å². The fourth-order valence-corrected chi connectivity index (χ4v) is 0. The molecule has 13 heavy (non-hydrogen) atoms. The summed E-state index contributed by atoms with van der Waals surface area (Å²) < 4.78 is 0. The van der Waals surface area contributed by atoms with Crippen molar-refractivity contribution in [1.29, 1.82) is 0 Å². The molecule has 0 heterocycles. The molecular formula is C6H9O6Sn. The largest absolute Gasteiger partial charge is 3.00 e. The minimum Gasteiger partial charge on any atom is -0.550 e. The maximum atomic E-state index is 8.89. The molecule has 7 heteroatoms. The van der Waals surface area contributed by atoms with Crippen molar-refractivity contribution in [3.05, 3.63) is 0 Å². The van der Waals surface area contributed by atoms with Gasteiger partial charge in [-0.05, 0) is 20.8 Å². The summed E-state index contributed by atoms with van der Waals surface area (Å²) >= 11 is 0. The second-order valence-corrected chi connectivity index (χ2v) is 1.47. The molecule has 6 nitrogen and oxygen atoms in total. The maximum absolute atomic E-state index is 8.89. The van der Waals surface area contributed by atoms with Crippen molar-refractivity contribution in [1.82, 2.24) is 0 Å². The second-order valence-electron chi connectivity index (χ2n) is 1.47. The number of aliphatic carboxylic acids is 3. The van der Waals surface area contributed by atoms with E-state index < -0.39 is 17.9 Å². The Morgan fingerprint density at radius 3 is 0.692 bits per heavy atom. The van der Waals surface area contributed by atoms with Crippen LogP contribution < -0.4 is 15.3 Å². The first-order valence-electron chi connectivity index (χ1n) is 2.72. The molecule has 1 radical (unpaired) electrons. The van der Waals surface area contributed by atoms with Crippen LogP contribution in [-0.4, -0.2) is 41.8 Å². The molecular weight excluding hydrogens is 287 g/mol. The monoisotopic (exact) mass is 297 g/mol. The van der Waals surface area contributed by atoms with E-state index in [2.05, 4.69) is 0 Å². The average Bonchev–Trinajstić information content (AvgIpc) is 1.54. The van der Waals surface area contributed by atoms with Crippen molar-refractivity contribution in [3.63, 3.8) is 0 Å². The number of carbonyl (C=O) groups is 3. The smallest absolute Gasteiger partial charge is 0.550 e. The van der Waals surface area contributed by atoms with Gasteiger partial charge in [-0.15, -0.1) is 0 Å². The molecule has 0 aromatic heterocycles. The SMILES string of the molecule is CC(=O)[O-].CC(=O)[O-].CC(=O)[O-].[Sn+3]. The summed E-state index contributed by atoms with van der Waals surface area (Å²) in [6.45, 7) is 2.92. The topological polar surface area (TPSA) is 120 Å². The van der Waals surface area contributed by atoms with E-state index >= 15 is 0 Å². The van der Waals surface area contributed by atoms with Crippen LogP contribution >= 0.6 is 0 Å². The normalized spacial score (nSPS) is 5.77. The van der Waals surface area contributed by atoms with Crippen LogP contribution in [0.3, 0.4) is 0 Å². The second kappa shape index (κ2) is 17.3. The number of hydrogen-bond donors (Lipinski definition) is 0. The zero-order valence-electron chi connectivity index (χ0n) is 7.45. The Morgan fingerprint density at radius 2 is 0.692 bits per heavy atom. The number of carbonyl (C=O) groups excluding carboxylic acids is 3. The first-order chi connectivity index (χ1) is 5.20. The Hall–Kier alpha value is -0.791. The molecule has 0 unspecified atom stereocenters. The van der Waals surface area contributed by atoms with E-state index in [-0.39, 0.29) is 23.9 Å². The van der Waals surface area contributed by atoms with Gasteiger partial charge >= 0.3 is 23.9 Å². The van der Waals surface area contributed by atoms with Crippen LogP contribution in [0.4, 0.5) is 0 Å². The number of carboxylic acid groups (broad SMARTS) is 3. The number of rotatable bonds is 0. The quantitative estimate of drug-likeness (QED) is 0.419. The maximum Gasteiger partial charge on any atom is 3.00 e. The molecule has 0 fully saturated rings. The number of carboxylic acids is 3. The van der Waals surface area contributed by atoms with Crippen LogP contribution in [0.5, 0.6) is 0 Å². The van der Waals surface area contributed by atoms with Gasteiger partial charge in [0.1, 0.15) is 0 Å². The standard InChI is InChI=1S/3C2H4O2.Sn/c3*1-2(3)4;/h3*1H3,(H,3,4);/q;;;+3/p-3. The van der Waals surface area contributed by atoms with Crippen LogP contribution in [0.1, 0.15) is 20.8 Å². The Morgan fingerprint density at radius 1 is 0.692 bits per heavy atom. The van der Waals surface area contributed by atoms with Gasteiger partial charge in [-0.1, -0.05) is 0 Å². The van der Waals surface area contributed by atoms with E-state index in [9.17, 15) is 0 Å². The van der Waals surface area contributed by atoms with E-state index in [0.29, 0.717) is 0 Å². The van der Waals surface area contributed by atoms with Crippen molar-refractivity contribution < 1.29 is 29.7 Å². The van der Waals surface area contributed by atoms with Crippen LogP contribution in [0, 0.1) is 0 Å². The van der Waals surface area contributed by atoms with Gasteiger partial charge in [0.25, 0.3) is 0 Å². The molecule has 0 aromatic rings. The third-order valence-corrected chi connectivity index (χ3v) is 0. The zero-order chi connectivity index (χ0) is 10.7. The van der Waals surface area contributed by atoms with Gasteiger partial charge < -0.3 is 29.7 Å². The molecule has 0 aliphatic heterocycles. The third-order valence-electron chi connectivity index (χ3n) is 0. The van der Waals surface area contributed by atoms with Crippen molar-refractivity contribution >= 4 is 41.8 Å². The van der Waals surface area contributed by atoms with Gasteiger partial charge in [-0.2, -0.15) is 0 Å². The molecule has 0 saturated carbocycles. The average molecular weight is 296 g/mol. The molecule has 0 saturated heterocycles. The fraction of sp³-hybridized carbons (Fsp3) is 0.500. The van der Waals surface area contributed by atoms with Gasteiger partial charge in [0, 0.05) is 17.9 Å². The first kappa shape index (κ1) is 22.8. The summed E-state index contributed by atoms with van der Waals surface area (Å²) in [4.78, 5) is 26.7. The van der Waals surface area contributed by atoms with Gasteiger partial charge in [0.15, 0.2) is 0 Å². The predicted octanol–water partition coefficient (Wildman–Crippen LogP) is -4.11. The van der Waals surface area contributed by atoms with Crippen LogP contribution in [0.2, 0.25) is 0 Å². The van der Waals surface area contributed by atoms with Crippen molar-refractivity contribution in [3.8, 4) is 0 Å². The Bertz CT molecular complexity index is 115. The summed E-state index contributed by atoms with van der Waals surface area (Å²) in [6.07, 6.45) is 0. The van der Waals surface area contributed by atoms with E-state index in [4.69, 9.17) is 29.7 Å². The van der Waals surface area contributed by atoms with Crippen molar-refractivity contribution in [2.45, 2.75) is 20.8 Å². The molecule has 0 rings (SSSR count). The van der Waals surface area contributed by atoms with E-state index in [1.165, 1.54) is 0 Å². The third kappa shape index (κ3) is 1520. The van der Waals surface area contributed by atoms with Gasteiger partial charge in [-0.25, -0.2) is 0 Å². The van der Waals surface area contributed by atoms with E-state index in [1.54, 1.807) is 0 Å². The van der Waals surface area contributed by atoms with Crippen molar-refractivity contribution in [2.24, 2.45) is 0 Å². The number of hydrogen-bond acceptors (Lipinski definition) is 6. The van der Waals surface area contributed by atoms with Crippen LogP contribution in [0.15, 0.2) is 0 Å². The Kier molecular flexibility index (Phi) is 30.4. The fourth-order valence-electron chi connectivity index (χ4n) is 0.